The third-order valence-corrected chi connectivity index (χ3v) is 6.66. The normalized spacial score (nSPS) is 11.2. The number of phenols is 1. The highest BCUT2D eigenvalue weighted by Gasteiger charge is 2.17. The molecular formula is C27H17Br2FO2. The van der Waals surface area contributed by atoms with Crippen molar-refractivity contribution in [2.24, 2.45) is 0 Å². The zero-order chi connectivity index (χ0) is 22.2. The van der Waals surface area contributed by atoms with Crippen molar-refractivity contribution in [2.45, 2.75) is 6.42 Å². The first-order valence-electron chi connectivity index (χ1n) is 10.0. The molecule has 0 unspecified atom stereocenters. The number of hydrogen-bond acceptors (Lipinski definition) is 2. The fourth-order valence-electron chi connectivity index (χ4n) is 3.90. The molecular weight excluding hydrogens is 535 g/mol. The first-order chi connectivity index (χ1) is 15.5. The summed E-state index contributed by atoms with van der Waals surface area (Å²) in [5.41, 5.74) is 5.62. The van der Waals surface area contributed by atoms with Gasteiger partial charge in [-0.05, 0) is 84.4 Å². The highest BCUT2D eigenvalue weighted by atomic mass is 79.9. The zero-order valence-corrected chi connectivity index (χ0v) is 20.0. The molecule has 158 valence electrons. The minimum absolute atomic E-state index is 0.169. The molecule has 0 aliphatic heterocycles. The molecule has 0 amide bonds. The van der Waals surface area contributed by atoms with E-state index in [1.54, 1.807) is 6.07 Å². The van der Waals surface area contributed by atoms with Gasteiger partial charge in [-0.15, -0.1) is 0 Å². The van der Waals surface area contributed by atoms with Crippen LogP contribution in [0.1, 0.15) is 11.3 Å². The molecule has 1 heterocycles. The monoisotopic (exact) mass is 550 g/mol. The summed E-state index contributed by atoms with van der Waals surface area (Å²) in [7, 11) is 0. The van der Waals surface area contributed by atoms with Gasteiger partial charge in [-0.2, -0.15) is 0 Å². The summed E-state index contributed by atoms with van der Waals surface area (Å²) in [6.07, 6.45) is 0.617. The third kappa shape index (κ3) is 3.98. The molecule has 0 saturated carbocycles. The van der Waals surface area contributed by atoms with Crippen LogP contribution in [0.25, 0.3) is 33.2 Å². The molecule has 0 bridgehead atoms. The Balaban J connectivity index is 1.61. The Morgan fingerprint density at radius 1 is 0.750 bits per heavy atom. The number of fused-ring (bicyclic) bond motifs is 1. The van der Waals surface area contributed by atoms with Crippen LogP contribution >= 0.6 is 31.9 Å². The standard InChI is InChI=1S/C27H17Br2FO2/c28-22-13-19(14-23(29)27(22)31)17-6-8-18(9-7-17)26-21-15-20(30)10-11-24(21)32-25(26)12-16-4-2-1-3-5-16/h1-11,13-15,31H,12H2. The van der Waals surface area contributed by atoms with E-state index in [1.807, 2.05) is 54.6 Å². The van der Waals surface area contributed by atoms with Crippen LogP contribution in [0.15, 0.2) is 98.3 Å². The highest BCUT2D eigenvalue weighted by molar-refractivity contribution is 9.11. The second-order valence-corrected chi connectivity index (χ2v) is 9.28. The smallest absolute Gasteiger partial charge is 0.143 e. The molecule has 0 aliphatic carbocycles. The Hall–Kier alpha value is -2.89. The lowest BCUT2D eigenvalue weighted by atomic mass is 9.96. The average Bonchev–Trinajstić information content (AvgIpc) is 3.14. The molecule has 5 heteroatoms. The van der Waals surface area contributed by atoms with Gasteiger partial charge >= 0.3 is 0 Å². The van der Waals surface area contributed by atoms with E-state index < -0.39 is 0 Å². The van der Waals surface area contributed by atoms with Crippen LogP contribution in [0, 0.1) is 5.82 Å². The molecule has 5 rings (SSSR count). The summed E-state index contributed by atoms with van der Waals surface area (Å²) in [5, 5.41) is 10.7. The third-order valence-electron chi connectivity index (χ3n) is 5.45. The summed E-state index contributed by atoms with van der Waals surface area (Å²) >= 11 is 6.77. The Labute approximate surface area is 201 Å². The fourth-order valence-corrected chi connectivity index (χ4v) is 5.09. The summed E-state index contributed by atoms with van der Waals surface area (Å²) < 4.78 is 21.5. The Kier molecular flexibility index (Phi) is 5.62. The number of hydrogen-bond donors (Lipinski definition) is 1. The molecule has 32 heavy (non-hydrogen) atoms. The Morgan fingerprint density at radius 2 is 1.41 bits per heavy atom. The van der Waals surface area contributed by atoms with Crippen molar-refractivity contribution >= 4 is 42.8 Å². The second kappa shape index (κ2) is 8.57. The number of halogens is 3. The van der Waals surface area contributed by atoms with Crippen molar-refractivity contribution < 1.29 is 13.9 Å². The second-order valence-electron chi connectivity index (χ2n) is 7.57. The van der Waals surface area contributed by atoms with E-state index in [9.17, 15) is 9.50 Å². The largest absolute Gasteiger partial charge is 0.506 e. The van der Waals surface area contributed by atoms with Crippen LogP contribution in [0.3, 0.4) is 0 Å². The van der Waals surface area contributed by atoms with Crippen molar-refractivity contribution in [3.8, 4) is 28.0 Å². The fraction of sp³-hybridized carbons (Fsp3) is 0.0370. The summed E-state index contributed by atoms with van der Waals surface area (Å²) in [4.78, 5) is 0. The van der Waals surface area contributed by atoms with Gasteiger partial charge in [-0.1, -0.05) is 54.6 Å². The van der Waals surface area contributed by atoms with Crippen LogP contribution in [0.2, 0.25) is 0 Å². The maximum Gasteiger partial charge on any atom is 0.143 e. The van der Waals surface area contributed by atoms with E-state index in [0.717, 1.165) is 39.0 Å². The molecule has 1 aromatic heterocycles. The predicted octanol–water partition coefficient (Wildman–Crippen LogP) is 8.73. The van der Waals surface area contributed by atoms with Gasteiger partial charge in [0.15, 0.2) is 0 Å². The van der Waals surface area contributed by atoms with Gasteiger partial charge in [0.1, 0.15) is 22.9 Å². The van der Waals surface area contributed by atoms with Crippen molar-refractivity contribution in [3.05, 3.63) is 111 Å². The highest BCUT2D eigenvalue weighted by Crippen LogP contribution is 2.39. The summed E-state index contributed by atoms with van der Waals surface area (Å²) in [6.45, 7) is 0. The van der Waals surface area contributed by atoms with Crippen molar-refractivity contribution in [2.75, 3.05) is 0 Å². The number of furan rings is 1. The van der Waals surface area contributed by atoms with Gasteiger partial charge in [0.2, 0.25) is 0 Å². The number of benzene rings is 4. The van der Waals surface area contributed by atoms with Crippen molar-refractivity contribution in [1.82, 2.24) is 0 Å². The maximum atomic E-state index is 14.1. The maximum absolute atomic E-state index is 14.1. The van der Waals surface area contributed by atoms with Gasteiger partial charge in [-0.25, -0.2) is 4.39 Å². The molecule has 0 radical (unpaired) electrons. The molecule has 0 spiro atoms. The van der Waals surface area contributed by atoms with E-state index in [4.69, 9.17) is 4.42 Å². The van der Waals surface area contributed by atoms with E-state index >= 15 is 0 Å². The van der Waals surface area contributed by atoms with Crippen LogP contribution in [-0.2, 0) is 6.42 Å². The predicted molar refractivity (Wildman–Crippen MR) is 133 cm³/mol. The Morgan fingerprint density at radius 3 is 2.09 bits per heavy atom. The molecule has 0 fully saturated rings. The van der Waals surface area contributed by atoms with E-state index in [0.29, 0.717) is 20.9 Å². The molecule has 0 saturated heterocycles. The van der Waals surface area contributed by atoms with Gasteiger partial charge in [0.05, 0.1) is 8.95 Å². The van der Waals surface area contributed by atoms with Crippen LogP contribution < -0.4 is 0 Å². The molecule has 0 atom stereocenters. The lowest BCUT2D eigenvalue weighted by Crippen LogP contribution is -1.89. The first-order valence-corrected chi connectivity index (χ1v) is 11.6. The number of rotatable bonds is 4. The van der Waals surface area contributed by atoms with E-state index in [2.05, 4.69) is 44.0 Å². The SMILES string of the molecule is Oc1c(Br)cc(-c2ccc(-c3c(Cc4ccccc4)oc4ccc(F)cc34)cc2)cc1Br. The first kappa shape index (κ1) is 21.0. The van der Waals surface area contributed by atoms with Crippen LogP contribution in [0.5, 0.6) is 5.75 Å². The van der Waals surface area contributed by atoms with Gasteiger partial charge < -0.3 is 9.52 Å². The summed E-state index contributed by atoms with van der Waals surface area (Å²) in [6, 6.07) is 26.6. The zero-order valence-electron chi connectivity index (χ0n) is 16.8. The van der Waals surface area contributed by atoms with Crippen molar-refractivity contribution in [1.29, 1.82) is 0 Å². The van der Waals surface area contributed by atoms with Gasteiger partial charge in [-0.3, -0.25) is 0 Å². The lowest BCUT2D eigenvalue weighted by Gasteiger charge is -2.09. The lowest BCUT2D eigenvalue weighted by molar-refractivity contribution is 0.468. The summed E-state index contributed by atoms with van der Waals surface area (Å²) in [5.74, 6) is 0.684. The van der Waals surface area contributed by atoms with Gasteiger partial charge in [0, 0.05) is 17.4 Å². The topological polar surface area (TPSA) is 33.4 Å². The average molecular weight is 552 g/mol. The minimum Gasteiger partial charge on any atom is -0.506 e. The quantitative estimate of drug-likeness (QED) is 0.242. The number of aromatic hydroxyl groups is 1. The molecule has 1 N–H and O–H groups in total. The van der Waals surface area contributed by atoms with Crippen molar-refractivity contribution in [3.63, 3.8) is 0 Å². The van der Waals surface area contributed by atoms with E-state index in [1.165, 1.54) is 12.1 Å². The molecule has 5 aromatic rings. The van der Waals surface area contributed by atoms with E-state index in [-0.39, 0.29) is 11.6 Å². The van der Waals surface area contributed by atoms with Gasteiger partial charge in [0.25, 0.3) is 0 Å². The molecule has 0 aliphatic rings. The number of phenolic OH excluding ortho intramolecular Hbond substituents is 1. The van der Waals surface area contributed by atoms with Crippen LogP contribution in [0.4, 0.5) is 4.39 Å². The molecule has 4 aromatic carbocycles. The Bertz CT molecular complexity index is 1400. The minimum atomic E-state index is -0.291. The molecule has 2 nitrogen and oxygen atoms in total. The van der Waals surface area contributed by atoms with Crippen LogP contribution in [-0.4, -0.2) is 5.11 Å².